The second-order valence-corrected chi connectivity index (χ2v) is 9.30. The number of anilines is 2. The van der Waals surface area contributed by atoms with Crippen molar-refractivity contribution in [3.8, 4) is 0 Å². The van der Waals surface area contributed by atoms with Gasteiger partial charge in [0.05, 0.1) is 23.2 Å². The number of hydrogen-bond donors (Lipinski definition) is 4. The summed E-state index contributed by atoms with van der Waals surface area (Å²) in [4.78, 5) is 22.5. The van der Waals surface area contributed by atoms with Gasteiger partial charge in [-0.2, -0.15) is 0 Å². The van der Waals surface area contributed by atoms with E-state index in [2.05, 4.69) is 10.6 Å². The highest BCUT2D eigenvalue weighted by molar-refractivity contribution is 7.92. The molecule has 2 unspecified atom stereocenters. The zero-order valence-electron chi connectivity index (χ0n) is 18.3. The fourth-order valence-electron chi connectivity index (χ4n) is 3.03. The van der Waals surface area contributed by atoms with Gasteiger partial charge in [0.2, 0.25) is 5.91 Å². The minimum Gasteiger partial charge on any atom is -0.480 e. The molecule has 0 bridgehead atoms. The van der Waals surface area contributed by atoms with Crippen LogP contribution in [0.2, 0.25) is 0 Å². The molecule has 0 spiro atoms. The molecule has 2 aromatic carbocycles. The standard InChI is InChI=1S/C22H29N3O6S/c1-4-21(22(28)29)23-13-19(27)14-25(18-9-7-17(8-10-18)24-16(3)26)32(30,31)20-11-5-15(2)6-12-20/h5-12,19,21,23,27H,4,13-14H2,1-3H3,(H,24,26)(H,28,29). The molecule has 0 aliphatic carbocycles. The fourth-order valence-corrected chi connectivity index (χ4v) is 4.54. The molecule has 0 saturated carbocycles. The Morgan fingerprint density at radius 1 is 1.06 bits per heavy atom. The number of aryl methyl sites for hydroxylation is 1. The number of carbonyl (C=O) groups is 2. The van der Waals surface area contributed by atoms with Crippen molar-refractivity contribution < 1.29 is 28.2 Å². The van der Waals surface area contributed by atoms with Crippen LogP contribution in [-0.2, 0) is 19.6 Å². The number of hydrogen-bond acceptors (Lipinski definition) is 6. The van der Waals surface area contributed by atoms with Crippen molar-refractivity contribution >= 4 is 33.3 Å². The molecule has 0 saturated heterocycles. The second kappa shape index (κ2) is 11.1. The summed E-state index contributed by atoms with van der Waals surface area (Å²) >= 11 is 0. The van der Waals surface area contributed by atoms with Gasteiger partial charge in [-0.05, 0) is 49.7 Å². The number of sulfonamides is 1. The molecule has 32 heavy (non-hydrogen) atoms. The summed E-state index contributed by atoms with van der Waals surface area (Å²) in [6.07, 6.45) is -0.850. The molecule has 1 amide bonds. The predicted octanol–water partition coefficient (Wildman–Crippen LogP) is 1.96. The van der Waals surface area contributed by atoms with Crippen molar-refractivity contribution in [2.24, 2.45) is 0 Å². The number of carbonyl (C=O) groups excluding carboxylic acids is 1. The number of benzene rings is 2. The van der Waals surface area contributed by atoms with Crippen LogP contribution in [0.25, 0.3) is 0 Å². The number of rotatable bonds is 11. The molecular formula is C22H29N3O6S. The minimum atomic E-state index is -4.02. The molecule has 9 nitrogen and oxygen atoms in total. The van der Waals surface area contributed by atoms with E-state index < -0.39 is 28.1 Å². The smallest absolute Gasteiger partial charge is 0.320 e. The van der Waals surface area contributed by atoms with Gasteiger partial charge in [0.15, 0.2) is 0 Å². The third-order valence-corrected chi connectivity index (χ3v) is 6.58. The van der Waals surface area contributed by atoms with Crippen LogP contribution in [0, 0.1) is 6.92 Å². The van der Waals surface area contributed by atoms with Gasteiger partial charge in [-0.15, -0.1) is 0 Å². The number of aliphatic hydroxyl groups excluding tert-OH is 1. The maximum absolute atomic E-state index is 13.4. The highest BCUT2D eigenvalue weighted by Crippen LogP contribution is 2.26. The highest BCUT2D eigenvalue weighted by atomic mass is 32.2. The van der Waals surface area contributed by atoms with E-state index in [-0.39, 0.29) is 23.9 Å². The number of nitrogens with zero attached hydrogens (tertiary/aromatic N) is 1. The summed E-state index contributed by atoms with van der Waals surface area (Å²) in [6, 6.07) is 11.7. The van der Waals surface area contributed by atoms with Crippen LogP contribution in [-0.4, -0.2) is 55.7 Å². The van der Waals surface area contributed by atoms with Gasteiger partial charge >= 0.3 is 5.97 Å². The first kappa shape index (κ1) is 25.3. The molecule has 0 aliphatic rings. The summed E-state index contributed by atoms with van der Waals surface area (Å²) in [5, 5.41) is 25.0. The average molecular weight is 464 g/mol. The normalized spacial score (nSPS) is 13.2. The molecule has 10 heteroatoms. The van der Waals surface area contributed by atoms with Crippen LogP contribution >= 0.6 is 0 Å². The first-order chi connectivity index (χ1) is 15.0. The van der Waals surface area contributed by atoms with E-state index in [0.29, 0.717) is 17.8 Å². The molecule has 174 valence electrons. The lowest BCUT2D eigenvalue weighted by Gasteiger charge is -2.28. The van der Waals surface area contributed by atoms with E-state index in [4.69, 9.17) is 5.11 Å². The van der Waals surface area contributed by atoms with Gasteiger partial charge in [-0.1, -0.05) is 24.6 Å². The van der Waals surface area contributed by atoms with E-state index in [1.54, 1.807) is 31.2 Å². The number of nitrogens with one attached hydrogen (secondary N) is 2. The maximum atomic E-state index is 13.4. The van der Waals surface area contributed by atoms with Crippen LogP contribution in [0.4, 0.5) is 11.4 Å². The van der Waals surface area contributed by atoms with Gasteiger partial charge < -0.3 is 20.8 Å². The molecule has 0 aromatic heterocycles. The predicted molar refractivity (Wildman–Crippen MR) is 122 cm³/mol. The Morgan fingerprint density at radius 2 is 1.66 bits per heavy atom. The van der Waals surface area contributed by atoms with E-state index >= 15 is 0 Å². The van der Waals surface area contributed by atoms with Gasteiger partial charge in [0.25, 0.3) is 10.0 Å². The minimum absolute atomic E-state index is 0.0613. The summed E-state index contributed by atoms with van der Waals surface area (Å²) < 4.78 is 27.8. The van der Waals surface area contributed by atoms with Gasteiger partial charge in [0.1, 0.15) is 6.04 Å². The first-order valence-electron chi connectivity index (χ1n) is 10.2. The largest absolute Gasteiger partial charge is 0.480 e. The number of aliphatic hydroxyl groups is 1. The molecule has 0 aliphatic heterocycles. The lowest BCUT2D eigenvalue weighted by molar-refractivity contribution is -0.139. The van der Waals surface area contributed by atoms with Crippen LogP contribution in [0.1, 0.15) is 25.8 Å². The van der Waals surface area contributed by atoms with Crippen molar-refractivity contribution in [2.45, 2.75) is 44.2 Å². The van der Waals surface area contributed by atoms with E-state index in [1.165, 1.54) is 31.2 Å². The third kappa shape index (κ3) is 6.78. The van der Waals surface area contributed by atoms with E-state index in [9.17, 15) is 23.1 Å². The molecule has 0 fully saturated rings. The van der Waals surface area contributed by atoms with Crippen LogP contribution < -0.4 is 14.9 Å². The molecule has 0 heterocycles. The molecule has 2 rings (SSSR count). The quantitative estimate of drug-likeness (QED) is 0.400. The fraction of sp³-hybridized carbons (Fsp3) is 0.364. The Bertz CT molecular complexity index is 1020. The SMILES string of the molecule is CCC(NCC(O)CN(c1ccc(NC(C)=O)cc1)S(=O)(=O)c1ccc(C)cc1)C(=O)O. The lowest BCUT2D eigenvalue weighted by Crippen LogP contribution is -2.45. The summed E-state index contributed by atoms with van der Waals surface area (Å²) in [7, 11) is -4.02. The number of carboxylic acid groups (broad SMARTS) is 1. The monoisotopic (exact) mass is 463 g/mol. The Balaban J connectivity index is 2.33. The maximum Gasteiger partial charge on any atom is 0.320 e. The average Bonchev–Trinajstić information content (AvgIpc) is 2.72. The van der Waals surface area contributed by atoms with Crippen LogP contribution in [0.5, 0.6) is 0 Å². The Labute approximate surface area is 188 Å². The number of amides is 1. The van der Waals surface area contributed by atoms with E-state index in [0.717, 1.165) is 9.87 Å². The molecule has 4 N–H and O–H groups in total. The first-order valence-corrected chi connectivity index (χ1v) is 11.6. The van der Waals surface area contributed by atoms with Crippen LogP contribution in [0.3, 0.4) is 0 Å². The van der Waals surface area contributed by atoms with Crippen molar-refractivity contribution in [3.05, 3.63) is 54.1 Å². The Hall–Kier alpha value is -2.95. The van der Waals surface area contributed by atoms with Crippen molar-refractivity contribution in [2.75, 3.05) is 22.7 Å². The summed E-state index contributed by atoms with van der Waals surface area (Å²) in [5.41, 5.74) is 1.70. The van der Waals surface area contributed by atoms with Crippen molar-refractivity contribution in [1.29, 1.82) is 0 Å². The molecule has 0 radical (unpaired) electrons. The third-order valence-electron chi connectivity index (χ3n) is 4.77. The van der Waals surface area contributed by atoms with Crippen molar-refractivity contribution in [1.82, 2.24) is 5.32 Å². The number of carboxylic acids is 1. The zero-order valence-corrected chi connectivity index (χ0v) is 19.1. The Kier molecular flexibility index (Phi) is 8.76. The Morgan fingerprint density at radius 3 is 2.16 bits per heavy atom. The van der Waals surface area contributed by atoms with Gasteiger partial charge in [-0.25, -0.2) is 8.42 Å². The lowest BCUT2D eigenvalue weighted by atomic mass is 10.2. The van der Waals surface area contributed by atoms with Crippen molar-refractivity contribution in [3.63, 3.8) is 0 Å². The van der Waals surface area contributed by atoms with Gasteiger partial charge in [-0.3, -0.25) is 13.9 Å². The second-order valence-electron chi connectivity index (χ2n) is 7.44. The molecule has 2 aromatic rings. The highest BCUT2D eigenvalue weighted by Gasteiger charge is 2.28. The van der Waals surface area contributed by atoms with Gasteiger partial charge in [0, 0.05) is 19.2 Å². The molecule has 2 atom stereocenters. The summed E-state index contributed by atoms with van der Waals surface area (Å²) in [6.45, 7) is 4.51. The zero-order chi connectivity index (χ0) is 23.9. The van der Waals surface area contributed by atoms with E-state index in [1.807, 2.05) is 6.92 Å². The topological polar surface area (TPSA) is 136 Å². The molecular weight excluding hydrogens is 434 g/mol. The van der Waals surface area contributed by atoms with Crippen LogP contribution in [0.15, 0.2) is 53.4 Å². The number of aliphatic carboxylic acids is 1. The summed E-state index contributed by atoms with van der Waals surface area (Å²) in [5.74, 6) is -1.30.